The van der Waals surface area contributed by atoms with Crippen molar-refractivity contribution in [2.45, 2.75) is 51.5 Å². The third-order valence-corrected chi connectivity index (χ3v) is 4.46. The number of hydrogen-bond acceptors (Lipinski definition) is 3. The standard InChI is InChI=1S/C19H27FN2O3/c1-3-5-18(23)21-15-6-4-11-22(13-15)19(24)10-8-14-7-9-17(25-2)16(20)12-14/h7,9,12,15H,3-6,8,10-11,13H2,1-2H3,(H,21,23). The maximum absolute atomic E-state index is 13.7. The van der Waals surface area contributed by atoms with E-state index in [1.807, 2.05) is 6.92 Å². The number of carbonyl (C=O) groups is 2. The van der Waals surface area contributed by atoms with Gasteiger partial charge >= 0.3 is 0 Å². The molecule has 6 heteroatoms. The fourth-order valence-electron chi connectivity index (χ4n) is 3.12. The predicted octanol–water partition coefficient (Wildman–Crippen LogP) is 2.67. The second kappa shape index (κ2) is 9.39. The number of aryl methyl sites for hydroxylation is 1. The number of methoxy groups -OCH3 is 1. The summed E-state index contributed by atoms with van der Waals surface area (Å²) in [5.74, 6) is -0.109. The van der Waals surface area contributed by atoms with Gasteiger partial charge in [0.05, 0.1) is 7.11 Å². The minimum atomic E-state index is -0.413. The highest BCUT2D eigenvalue weighted by Gasteiger charge is 2.24. The molecule has 1 unspecified atom stereocenters. The number of nitrogens with zero attached hydrogens (tertiary/aromatic N) is 1. The summed E-state index contributed by atoms with van der Waals surface area (Å²) in [4.78, 5) is 26.0. The summed E-state index contributed by atoms with van der Waals surface area (Å²) in [5, 5.41) is 3.00. The first-order valence-electron chi connectivity index (χ1n) is 8.93. The molecule has 0 aromatic heterocycles. The van der Waals surface area contributed by atoms with E-state index in [1.54, 1.807) is 17.0 Å². The van der Waals surface area contributed by atoms with Crippen LogP contribution < -0.4 is 10.1 Å². The predicted molar refractivity (Wildman–Crippen MR) is 93.9 cm³/mol. The molecule has 0 bridgehead atoms. The smallest absolute Gasteiger partial charge is 0.222 e. The largest absolute Gasteiger partial charge is 0.494 e. The molecule has 1 aliphatic rings. The van der Waals surface area contributed by atoms with Gasteiger partial charge < -0.3 is 15.0 Å². The van der Waals surface area contributed by atoms with Gasteiger partial charge in [0.1, 0.15) is 0 Å². The van der Waals surface area contributed by atoms with Crippen LogP contribution >= 0.6 is 0 Å². The highest BCUT2D eigenvalue weighted by Crippen LogP contribution is 2.19. The number of piperidine rings is 1. The van der Waals surface area contributed by atoms with E-state index in [-0.39, 0.29) is 23.6 Å². The Kier molecular flexibility index (Phi) is 7.22. The van der Waals surface area contributed by atoms with Gasteiger partial charge in [0.15, 0.2) is 11.6 Å². The molecule has 1 aromatic carbocycles. The summed E-state index contributed by atoms with van der Waals surface area (Å²) in [6, 6.07) is 4.81. The van der Waals surface area contributed by atoms with E-state index in [9.17, 15) is 14.0 Å². The highest BCUT2D eigenvalue weighted by atomic mass is 19.1. The number of rotatable bonds is 7. The van der Waals surface area contributed by atoms with Gasteiger partial charge in [0, 0.05) is 32.0 Å². The molecule has 1 saturated heterocycles. The molecule has 0 saturated carbocycles. The number of likely N-dealkylation sites (tertiary alicyclic amines) is 1. The van der Waals surface area contributed by atoms with Crippen molar-refractivity contribution in [1.82, 2.24) is 10.2 Å². The first kappa shape index (κ1) is 19.2. The van der Waals surface area contributed by atoms with Gasteiger partial charge in [-0.25, -0.2) is 4.39 Å². The quantitative estimate of drug-likeness (QED) is 0.822. The molecule has 1 N–H and O–H groups in total. The summed E-state index contributed by atoms with van der Waals surface area (Å²) in [6.07, 6.45) is 3.96. The first-order chi connectivity index (χ1) is 12.0. The SMILES string of the molecule is CCCC(=O)NC1CCCN(C(=O)CCc2ccc(OC)c(F)c2)C1. The highest BCUT2D eigenvalue weighted by molar-refractivity contribution is 5.78. The van der Waals surface area contributed by atoms with Crippen LogP contribution in [0.5, 0.6) is 5.75 Å². The number of benzene rings is 1. The van der Waals surface area contributed by atoms with Gasteiger partial charge in [0.25, 0.3) is 0 Å². The van der Waals surface area contributed by atoms with E-state index in [0.717, 1.165) is 31.4 Å². The number of nitrogens with one attached hydrogen (secondary N) is 1. The average molecular weight is 350 g/mol. The zero-order chi connectivity index (χ0) is 18.2. The third kappa shape index (κ3) is 5.73. The van der Waals surface area contributed by atoms with Crippen molar-refractivity contribution in [3.05, 3.63) is 29.6 Å². The van der Waals surface area contributed by atoms with Crippen LogP contribution in [-0.4, -0.2) is 43.0 Å². The Morgan fingerprint density at radius 1 is 1.36 bits per heavy atom. The molecule has 0 radical (unpaired) electrons. The lowest BCUT2D eigenvalue weighted by Gasteiger charge is -2.33. The van der Waals surface area contributed by atoms with Crippen LogP contribution in [0.1, 0.15) is 44.6 Å². The molecule has 2 amide bonds. The molecule has 1 fully saturated rings. The van der Waals surface area contributed by atoms with Crippen LogP contribution in [0.15, 0.2) is 18.2 Å². The van der Waals surface area contributed by atoms with E-state index >= 15 is 0 Å². The van der Waals surface area contributed by atoms with Gasteiger partial charge in [0.2, 0.25) is 11.8 Å². The maximum atomic E-state index is 13.7. The topological polar surface area (TPSA) is 58.6 Å². The van der Waals surface area contributed by atoms with Crippen LogP contribution in [0.2, 0.25) is 0 Å². The van der Waals surface area contributed by atoms with E-state index in [2.05, 4.69) is 5.32 Å². The molecule has 5 nitrogen and oxygen atoms in total. The van der Waals surface area contributed by atoms with E-state index in [0.29, 0.717) is 25.8 Å². The average Bonchev–Trinajstić information content (AvgIpc) is 2.60. The van der Waals surface area contributed by atoms with Crippen LogP contribution in [0.3, 0.4) is 0 Å². The molecule has 138 valence electrons. The monoisotopic (exact) mass is 350 g/mol. The fraction of sp³-hybridized carbons (Fsp3) is 0.579. The van der Waals surface area contributed by atoms with Crippen molar-refractivity contribution < 1.29 is 18.7 Å². The van der Waals surface area contributed by atoms with Crippen molar-refractivity contribution in [3.63, 3.8) is 0 Å². The van der Waals surface area contributed by atoms with Gasteiger partial charge in [-0.05, 0) is 43.4 Å². The van der Waals surface area contributed by atoms with Crippen molar-refractivity contribution in [2.75, 3.05) is 20.2 Å². The Morgan fingerprint density at radius 3 is 2.84 bits per heavy atom. The summed E-state index contributed by atoms with van der Waals surface area (Å²) in [5.41, 5.74) is 0.774. The molecule has 2 rings (SSSR count). The second-order valence-electron chi connectivity index (χ2n) is 6.47. The number of carbonyl (C=O) groups excluding carboxylic acids is 2. The summed E-state index contributed by atoms with van der Waals surface area (Å²) in [7, 11) is 1.42. The molecule has 0 spiro atoms. The Bertz CT molecular complexity index is 606. The molecule has 1 aliphatic heterocycles. The van der Waals surface area contributed by atoms with Crippen LogP contribution in [0.25, 0.3) is 0 Å². The lowest BCUT2D eigenvalue weighted by Crippen LogP contribution is -2.49. The van der Waals surface area contributed by atoms with Crippen LogP contribution in [-0.2, 0) is 16.0 Å². The van der Waals surface area contributed by atoms with Crippen LogP contribution in [0, 0.1) is 5.82 Å². The Hall–Kier alpha value is -2.11. The summed E-state index contributed by atoms with van der Waals surface area (Å²) >= 11 is 0. The van der Waals surface area contributed by atoms with Crippen molar-refractivity contribution in [1.29, 1.82) is 0 Å². The van der Waals surface area contributed by atoms with E-state index < -0.39 is 5.82 Å². The van der Waals surface area contributed by atoms with E-state index in [1.165, 1.54) is 13.2 Å². The Labute approximate surface area is 148 Å². The molecule has 1 heterocycles. The van der Waals surface area contributed by atoms with Gasteiger partial charge in [-0.2, -0.15) is 0 Å². The van der Waals surface area contributed by atoms with Crippen LogP contribution in [0.4, 0.5) is 4.39 Å². The number of amides is 2. The second-order valence-corrected chi connectivity index (χ2v) is 6.47. The summed E-state index contributed by atoms with van der Waals surface area (Å²) < 4.78 is 18.6. The van der Waals surface area contributed by atoms with Crippen molar-refractivity contribution >= 4 is 11.8 Å². The normalized spacial score (nSPS) is 17.2. The fourth-order valence-corrected chi connectivity index (χ4v) is 3.12. The minimum absolute atomic E-state index is 0.0372. The summed E-state index contributed by atoms with van der Waals surface area (Å²) in [6.45, 7) is 3.25. The molecular formula is C19H27FN2O3. The molecular weight excluding hydrogens is 323 g/mol. The van der Waals surface area contributed by atoms with Gasteiger partial charge in [-0.3, -0.25) is 9.59 Å². The molecule has 25 heavy (non-hydrogen) atoms. The van der Waals surface area contributed by atoms with E-state index in [4.69, 9.17) is 4.74 Å². The Balaban J connectivity index is 1.83. The first-order valence-corrected chi connectivity index (χ1v) is 8.93. The number of hydrogen-bond donors (Lipinski definition) is 1. The maximum Gasteiger partial charge on any atom is 0.222 e. The minimum Gasteiger partial charge on any atom is -0.494 e. The zero-order valence-corrected chi connectivity index (χ0v) is 15.0. The molecule has 1 atom stereocenters. The Morgan fingerprint density at radius 2 is 2.16 bits per heavy atom. The lowest BCUT2D eigenvalue weighted by atomic mass is 10.0. The zero-order valence-electron chi connectivity index (χ0n) is 15.0. The van der Waals surface area contributed by atoms with Crippen molar-refractivity contribution in [2.24, 2.45) is 0 Å². The lowest BCUT2D eigenvalue weighted by molar-refractivity contribution is -0.133. The molecule has 0 aliphatic carbocycles. The number of halogens is 1. The number of ether oxygens (including phenoxy) is 1. The van der Waals surface area contributed by atoms with Crippen molar-refractivity contribution in [3.8, 4) is 5.75 Å². The van der Waals surface area contributed by atoms with Gasteiger partial charge in [-0.1, -0.05) is 13.0 Å². The molecule has 1 aromatic rings. The third-order valence-electron chi connectivity index (χ3n) is 4.46. The van der Waals surface area contributed by atoms with Gasteiger partial charge in [-0.15, -0.1) is 0 Å².